The number of rotatable bonds is 6. The van der Waals surface area contributed by atoms with Crippen molar-refractivity contribution >= 4 is 11.9 Å². The van der Waals surface area contributed by atoms with Crippen molar-refractivity contribution in [1.82, 2.24) is 4.90 Å². The smallest absolute Gasteiger partial charge is 0.481 e. The average Bonchev–Trinajstić information content (AvgIpc) is 2.36. The maximum Gasteiger partial charge on any atom is 0.573 e. The third-order valence-electron chi connectivity index (χ3n) is 2.58. The number of carbonyl (C=O) groups excluding carboxylic acids is 1. The number of carboxylic acids is 1. The predicted octanol–water partition coefficient (Wildman–Crippen LogP) is 2.41. The van der Waals surface area contributed by atoms with Gasteiger partial charge in [0.1, 0.15) is 5.75 Å². The summed E-state index contributed by atoms with van der Waals surface area (Å²) in [7, 11) is 1.38. The van der Waals surface area contributed by atoms with E-state index in [1.54, 1.807) is 0 Å². The number of carboxylic acid groups (broad SMARTS) is 1. The highest BCUT2D eigenvalue weighted by Crippen LogP contribution is 2.27. The van der Waals surface area contributed by atoms with E-state index in [0.29, 0.717) is 0 Å². The second-order valence-electron chi connectivity index (χ2n) is 4.30. The molecular formula is C13H14F3NO4. The minimum atomic E-state index is -4.82. The molecule has 0 unspecified atom stereocenters. The molecule has 1 rings (SSSR count). The second-order valence-corrected chi connectivity index (χ2v) is 4.30. The van der Waals surface area contributed by atoms with E-state index in [4.69, 9.17) is 5.11 Å². The highest BCUT2D eigenvalue weighted by Gasteiger charge is 2.32. The Morgan fingerprint density at radius 3 is 2.43 bits per heavy atom. The van der Waals surface area contributed by atoms with E-state index in [2.05, 4.69) is 4.74 Å². The van der Waals surface area contributed by atoms with Gasteiger partial charge in [0.25, 0.3) is 0 Å². The summed E-state index contributed by atoms with van der Waals surface area (Å²) in [5, 5.41) is 8.49. The van der Waals surface area contributed by atoms with Crippen LogP contribution in [-0.2, 0) is 16.1 Å². The molecule has 0 saturated carbocycles. The lowest BCUT2D eigenvalue weighted by Gasteiger charge is -2.19. The molecule has 1 N–H and O–H groups in total. The Kier molecular flexibility index (Phi) is 5.57. The van der Waals surface area contributed by atoms with Gasteiger partial charge in [0.2, 0.25) is 5.91 Å². The molecule has 0 aliphatic rings. The lowest BCUT2D eigenvalue weighted by atomic mass is 10.2. The highest BCUT2D eigenvalue weighted by molar-refractivity contribution is 5.80. The van der Waals surface area contributed by atoms with Crippen molar-refractivity contribution < 1.29 is 32.6 Å². The number of halogens is 3. The SMILES string of the molecule is CN(Cc1ccccc1OC(F)(F)F)C(=O)CCC(=O)O. The molecule has 5 nitrogen and oxygen atoms in total. The number of amides is 1. The molecule has 0 atom stereocenters. The van der Waals surface area contributed by atoms with Crippen LogP contribution in [-0.4, -0.2) is 35.3 Å². The van der Waals surface area contributed by atoms with Crippen LogP contribution in [0.3, 0.4) is 0 Å². The Balaban J connectivity index is 2.73. The van der Waals surface area contributed by atoms with Gasteiger partial charge < -0.3 is 14.7 Å². The van der Waals surface area contributed by atoms with Gasteiger partial charge in [-0.3, -0.25) is 9.59 Å². The third-order valence-corrected chi connectivity index (χ3v) is 2.58. The summed E-state index contributed by atoms with van der Waals surface area (Å²) in [5.74, 6) is -1.97. The molecule has 0 heterocycles. The zero-order chi connectivity index (χ0) is 16.0. The van der Waals surface area contributed by atoms with Gasteiger partial charge in [-0.1, -0.05) is 18.2 Å². The number of hydrogen-bond donors (Lipinski definition) is 1. The van der Waals surface area contributed by atoms with Crippen LogP contribution in [0.25, 0.3) is 0 Å². The van der Waals surface area contributed by atoms with Crippen molar-refractivity contribution in [2.75, 3.05) is 7.05 Å². The summed E-state index contributed by atoms with van der Waals surface area (Å²) in [5.41, 5.74) is 0.181. The third kappa shape index (κ3) is 6.15. The Morgan fingerprint density at radius 1 is 1.24 bits per heavy atom. The number of ether oxygens (including phenoxy) is 1. The predicted molar refractivity (Wildman–Crippen MR) is 66.5 cm³/mol. The number of hydrogen-bond acceptors (Lipinski definition) is 3. The van der Waals surface area contributed by atoms with E-state index < -0.39 is 18.2 Å². The molecule has 0 aliphatic heterocycles. The Hall–Kier alpha value is -2.25. The quantitative estimate of drug-likeness (QED) is 0.876. The normalized spacial score (nSPS) is 11.0. The molecule has 0 spiro atoms. The van der Waals surface area contributed by atoms with E-state index in [-0.39, 0.29) is 30.7 Å². The number of alkyl halides is 3. The summed E-state index contributed by atoms with van der Waals surface area (Å²) in [6.07, 6.45) is -5.36. The Bertz CT molecular complexity index is 516. The van der Waals surface area contributed by atoms with Gasteiger partial charge in [-0.05, 0) is 6.07 Å². The molecule has 116 valence electrons. The standard InChI is InChI=1S/C13H14F3NO4/c1-17(11(18)6-7-12(19)20)8-9-4-2-3-5-10(9)21-13(14,15)16/h2-5H,6-8H2,1H3,(H,19,20). The van der Waals surface area contributed by atoms with Gasteiger partial charge >= 0.3 is 12.3 Å². The molecular weight excluding hydrogens is 291 g/mol. The molecule has 8 heteroatoms. The topological polar surface area (TPSA) is 66.8 Å². The molecule has 21 heavy (non-hydrogen) atoms. The fraction of sp³-hybridized carbons (Fsp3) is 0.385. The number of carbonyl (C=O) groups is 2. The molecule has 0 bridgehead atoms. The van der Waals surface area contributed by atoms with Gasteiger partial charge in [-0.15, -0.1) is 13.2 Å². The van der Waals surface area contributed by atoms with Crippen LogP contribution in [0.5, 0.6) is 5.75 Å². The van der Waals surface area contributed by atoms with E-state index in [9.17, 15) is 22.8 Å². The van der Waals surface area contributed by atoms with Crippen molar-refractivity contribution in [2.45, 2.75) is 25.7 Å². The van der Waals surface area contributed by atoms with Crippen molar-refractivity contribution in [3.8, 4) is 5.75 Å². The van der Waals surface area contributed by atoms with Crippen molar-refractivity contribution in [3.05, 3.63) is 29.8 Å². The lowest BCUT2D eigenvalue weighted by molar-refractivity contribution is -0.275. The molecule has 1 aromatic carbocycles. The maximum absolute atomic E-state index is 12.3. The summed E-state index contributed by atoms with van der Waals surface area (Å²) in [6, 6.07) is 5.46. The number of benzene rings is 1. The minimum absolute atomic E-state index is 0.106. The zero-order valence-corrected chi connectivity index (χ0v) is 11.2. The van der Waals surface area contributed by atoms with Gasteiger partial charge in [0.05, 0.1) is 6.42 Å². The van der Waals surface area contributed by atoms with Crippen LogP contribution in [0.1, 0.15) is 18.4 Å². The molecule has 0 saturated heterocycles. The largest absolute Gasteiger partial charge is 0.573 e. The van der Waals surface area contributed by atoms with Gasteiger partial charge in [0.15, 0.2) is 0 Å². The Morgan fingerprint density at radius 2 is 1.86 bits per heavy atom. The van der Waals surface area contributed by atoms with Crippen molar-refractivity contribution in [1.29, 1.82) is 0 Å². The lowest BCUT2D eigenvalue weighted by Crippen LogP contribution is -2.27. The first-order valence-corrected chi connectivity index (χ1v) is 5.98. The minimum Gasteiger partial charge on any atom is -0.481 e. The summed E-state index contributed by atoms with van der Waals surface area (Å²) in [6.45, 7) is -0.106. The van der Waals surface area contributed by atoms with E-state index in [1.165, 1.54) is 25.2 Å². The molecule has 0 radical (unpaired) electrons. The number of aliphatic carboxylic acids is 1. The fourth-order valence-electron chi connectivity index (χ4n) is 1.61. The van der Waals surface area contributed by atoms with Crippen molar-refractivity contribution in [2.24, 2.45) is 0 Å². The molecule has 1 aromatic rings. The maximum atomic E-state index is 12.3. The summed E-state index contributed by atoms with van der Waals surface area (Å²) >= 11 is 0. The average molecular weight is 305 g/mol. The molecule has 1 amide bonds. The van der Waals surface area contributed by atoms with E-state index >= 15 is 0 Å². The summed E-state index contributed by atoms with van der Waals surface area (Å²) < 4.78 is 40.7. The molecule has 0 aliphatic carbocycles. The van der Waals surface area contributed by atoms with Crippen LogP contribution in [0.4, 0.5) is 13.2 Å². The number of para-hydroxylation sites is 1. The highest BCUT2D eigenvalue weighted by atomic mass is 19.4. The van der Waals surface area contributed by atoms with Crippen LogP contribution in [0.2, 0.25) is 0 Å². The molecule has 0 fully saturated rings. The molecule has 0 aromatic heterocycles. The van der Waals surface area contributed by atoms with E-state index in [0.717, 1.165) is 11.0 Å². The zero-order valence-electron chi connectivity index (χ0n) is 11.2. The first-order valence-electron chi connectivity index (χ1n) is 5.98. The van der Waals surface area contributed by atoms with Crippen molar-refractivity contribution in [3.63, 3.8) is 0 Å². The summed E-state index contributed by atoms with van der Waals surface area (Å²) in [4.78, 5) is 23.2. The van der Waals surface area contributed by atoms with Crippen LogP contribution < -0.4 is 4.74 Å². The van der Waals surface area contributed by atoms with Gasteiger partial charge in [-0.2, -0.15) is 0 Å². The fourth-order valence-corrected chi connectivity index (χ4v) is 1.61. The first kappa shape index (κ1) is 16.8. The van der Waals surface area contributed by atoms with E-state index in [1.807, 2.05) is 0 Å². The number of nitrogens with zero attached hydrogens (tertiary/aromatic N) is 1. The van der Waals surface area contributed by atoms with Crippen LogP contribution >= 0.6 is 0 Å². The Labute approximate surface area is 118 Å². The van der Waals surface area contributed by atoms with Crippen LogP contribution in [0, 0.1) is 0 Å². The van der Waals surface area contributed by atoms with Gasteiger partial charge in [-0.25, -0.2) is 0 Å². The second kappa shape index (κ2) is 6.96. The van der Waals surface area contributed by atoms with Gasteiger partial charge in [0, 0.05) is 25.6 Å². The monoisotopic (exact) mass is 305 g/mol. The van der Waals surface area contributed by atoms with Crippen LogP contribution in [0.15, 0.2) is 24.3 Å². The first-order chi connectivity index (χ1) is 9.69.